The van der Waals surface area contributed by atoms with Crippen LogP contribution in [0.3, 0.4) is 0 Å². The van der Waals surface area contributed by atoms with E-state index in [0.717, 1.165) is 24.3 Å². The Labute approximate surface area is 149 Å². The van der Waals surface area contributed by atoms with Gasteiger partial charge in [-0.1, -0.05) is 12.1 Å². The minimum Gasteiger partial charge on any atom is -0.494 e. The summed E-state index contributed by atoms with van der Waals surface area (Å²) in [6.07, 6.45) is 6.78. The van der Waals surface area contributed by atoms with Gasteiger partial charge in [0.2, 0.25) is 5.91 Å². The third-order valence-electron chi connectivity index (χ3n) is 3.88. The van der Waals surface area contributed by atoms with Gasteiger partial charge in [0, 0.05) is 39.1 Å². The van der Waals surface area contributed by atoms with Crippen molar-refractivity contribution in [3.05, 3.63) is 48.5 Å². The van der Waals surface area contributed by atoms with Crippen LogP contribution in [0.25, 0.3) is 0 Å². The standard InChI is InChI=1S/C19H27N3O3/c1-3-25-18-7-5-17(6-8-18)15-22(19(23)9-14-24-2)12-4-11-21-13-10-20-16-21/h5-8,10,13,16H,3-4,9,11-12,14-15H2,1-2H3. The summed E-state index contributed by atoms with van der Waals surface area (Å²) in [6.45, 7) is 5.20. The molecule has 0 N–H and O–H groups in total. The fourth-order valence-electron chi connectivity index (χ4n) is 2.58. The van der Waals surface area contributed by atoms with Crippen LogP contribution in [0, 0.1) is 0 Å². The van der Waals surface area contributed by atoms with Crippen molar-refractivity contribution in [2.75, 3.05) is 26.9 Å². The molecule has 1 aromatic heterocycles. The largest absolute Gasteiger partial charge is 0.494 e. The van der Waals surface area contributed by atoms with E-state index < -0.39 is 0 Å². The molecule has 136 valence electrons. The zero-order valence-electron chi connectivity index (χ0n) is 15.1. The molecule has 0 bridgehead atoms. The second-order valence-electron chi connectivity index (χ2n) is 5.79. The fraction of sp³-hybridized carbons (Fsp3) is 0.474. The van der Waals surface area contributed by atoms with Gasteiger partial charge in [0.25, 0.3) is 0 Å². The Morgan fingerprint density at radius 3 is 2.72 bits per heavy atom. The molecule has 1 aromatic carbocycles. The van der Waals surface area contributed by atoms with E-state index in [4.69, 9.17) is 9.47 Å². The highest BCUT2D eigenvalue weighted by Gasteiger charge is 2.13. The molecule has 0 aliphatic heterocycles. The van der Waals surface area contributed by atoms with Gasteiger partial charge in [-0.2, -0.15) is 0 Å². The number of aryl methyl sites for hydroxylation is 1. The summed E-state index contributed by atoms with van der Waals surface area (Å²) in [5.74, 6) is 0.963. The highest BCUT2D eigenvalue weighted by Crippen LogP contribution is 2.14. The topological polar surface area (TPSA) is 56.6 Å². The lowest BCUT2D eigenvalue weighted by Crippen LogP contribution is -2.32. The van der Waals surface area contributed by atoms with Crippen molar-refractivity contribution in [2.45, 2.75) is 32.9 Å². The molecule has 2 rings (SSSR count). The van der Waals surface area contributed by atoms with Gasteiger partial charge in [-0.05, 0) is 31.0 Å². The van der Waals surface area contributed by atoms with Gasteiger partial charge in [-0.25, -0.2) is 4.98 Å². The maximum atomic E-state index is 12.5. The smallest absolute Gasteiger partial charge is 0.225 e. The van der Waals surface area contributed by atoms with E-state index >= 15 is 0 Å². The molecule has 0 spiro atoms. The zero-order chi connectivity index (χ0) is 17.9. The van der Waals surface area contributed by atoms with Gasteiger partial charge in [-0.15, -0.1) is 0 Å². The number of imidazole rings is 1. The first-order valence-electron chi connectivity index (χ1n) is 8.67. The first-order chi connectivity index (χ1) is 12.2. The Bertz CT molecular complexity index is 611. The number of nitrogens with zero attached hydrogens (tertiary/aromatic N) is 3. The zero-order valence-corrected chi connectivity index (χ0v) is 15.1. The number of amides is 1. The van der Waals surface area contributed by atoms with E-state index in [0.29, 0.717) is 32.7 Å². The van der Waals surface area contributed by atoms with Crippen LogP contribution in [0.2, 0.25) is 0 Å². The molecule has 2 aromatic rings. The lowest BCUT2D eigenvalue weighted by atomic mass is 10.2. The first kappa shape index (κ1) is 19.0. The van der Waals surface area contributed by atoms with Crippen LogP contribution in [-0.2, 0) is 22.6 Å². The molecule has 6 heteroatoms. The van der Waals surface area contributed by atoms with Gasteiger partial charge in [-0.3, -0.25) is 4.79 Å². The first-order valence-corrected chi connectivity index (χ1v) is 8.67. The molecule has 0 saturated heterocycles. The Hall–Kier alpha value is -2.34. The Kier molecular flexibility index (Phi) is 7.98. The summed E-state index contributed by atoms with van der Waals surface area (Å²) in [5.41, 5.74) is 1.09. The third-order valence-corrected chi connectivity index (χ3v) is 3.88. The number of carbonyl (C=O) groups excluding carboxylic acids is 1. The highest BCUT2D eigenvalue weighted by molar-refractivity contribution is 5.76. The molecular weight excluding hydrogens is 318 g/mol. The van der Waals surface area contributed by atoms with Crippen LogP contribution >= 0.6 is 0 Å². The Morgan fingerprint density at radius 2 is 2.08 bits per heavy atom. The monoisotopic (exact) mass is 345 g/mol. The van der Waals surface area contributed by atoms with Crippen LogP contribution in [0.15, 0.2) is 43.0 Å². The molecular formula is C19H27N3O3. The van der Waals surface area contributed by atoms with Crippen LogP contribution in [0.1, 0.15) is 25.3 Å². The average Bonchev–Trinajstić information content (AvgIpc) is 3.14. The summed E-state index contributed by atoms with van der Waals surface area (Å²) in [4.78, 5) is 18.4. The minimum atomic E-state index is 0.112. The summed E-state index contributed by atoms with van der Waals surface area (Å²) in [5, 5.41) is 0. The summed E-state index contributed by atoms with van der Waals surface area (Å²) >= 11 is 0. The molecule has 6 nitrogen and oxygen atoms in total. The van der Waals surface area contributed by atoms with Crippen molar-refractivity contribution in [1.29, 1.82) is 0 Å². The van der Waals surface area contributed by atoms with E-state index in [-0.39, 0.29) is 5.91 Å². The van der Waals surface area contributed by atoms with E-state index in [1.54, 1.807) is 19.6 Å². The number of methoxy groups -OCH3 is 1. The number of hydrogen-bond donors (Lipinski definition) is 0. The second kappa shape index (κ2) is 10.5. The molecule has 0 atom stereocenters. The minimum absolute atomic E-state index is 0.112. The quantitative estimate of drug-likeness (QED) is 0.628. The van der Waals surface area contributed by atoms with Crippen LogP contribution < -0.4 is 4.74 Å². The van der Waals surface area contributed by atoms with E-state index in [1.807, 2.05) is 46.9 Å². The number of benzene rings is 1. The predicted octanol–water partition coefficient (Wildman–Crippen LogP) is 2.74. The van der Waals surface area contributed by atoms with Crippen molar-refractivity contribution < 1.29 is 14.3 Å². The van der Waals surface area contributed by atoms with Crippen molar-refractivity contribution in [3.8, 4) is 5.75 Å². The van der Waals surface area contributed by atoms with Crippen LogP contribution in [-0.4, -0.2) is 47.2 Å². The molecule has 0 fully saturated rings. The maximum Gasteiger partial charge on any atom is 0.225 e. The number of carbonyl (C=O) groups is 1. The van der Waals surface area contributed by atoms with Gasteiger partial charge in [0.05, 0.1) is 26.0 Å². The molecule has 1 heterocycles. The average molecular weight is 345 g/mol. The molecule has 0 unspecified atom stereocenters. The summed E-state index contributed by atoms with van der Waals surface area (Å²) < 4.78 is 12.5. The number of ether oxygens (including phenoxy) is 2. The Morgan fingerprint density at radius 1 is 1.28 bits per heavy atom. The van der Waals surface area contributed by atoms with Crippen molar-refractivity contribution >= 4 is 5.91 Å². The predicted molar refractivity (Wildman–Crippen MR) is 96.4 cm³/mol. The molecule has 1 amide bonds. The van der Waals surface area contributed by atoms with Crippen molar-refractivity contribution in [2.24, 2.45) is 0 Å². The lowest BCUT2D eigenvalue weighted by Gasteiger charge is -2.23. The van der Waals surface area contributed by atoms with Crippen LogP contribution in [0.4, 0.5) is 0 Å². The van der Waals surface area contributed by atoms with Crippen molar-refractivity contribution in [1.82, 2.24) is 14.5 Å². The summed E-state index contributed by atoms with van der Waals surface area (Å²) in [6, 6.07) is 7.92. The van der Waals surface area contributed by atoms with E-state index in [1.165, 1.54) is 0 Å². The molecule has 25 heavy (non-hydrogen) atoms. The summed E-state index contributed by atoms with van der Waals surface area (Å²) in [7, 11) is 1.61. The maximum absolute atomic E-state index is 12.5. The fourth-order valence-corrected chi connectivity index (χ4v) is 2.58. The molecule has 0 aliphatic carbocycles. The number of rotatable bonds is 11. The SMILES string of the molecule is CCOc1ccc(CN(CCCn2ccnc2)C(=O)CCOC)cc1. The lowest BCUT2D eigenvalue weighted by molar-refractivity contribution is -0.132. The second-order valence-corrected chi connectivity index (χ2v) is 5.79. The van der Waals surface area contributed by atoms with Gasteiger partial charge in [0.15, 0.2) is 0 Å². The van der Waals surface area contributed by atoms with E-state index in [2.05, 4.69) is 4.98 Å². The Balaban J connectivity index is 1.93. The van der Waals surface area contributed by atoms with Gasteiger partial charge >= 0.3 is 0 Å². The molecule has 0 saturated carbocycles. The van der Waals surface area contributed by atoms with Gasteiger partial charge in [0.1, 0.15) is 5.75 Å². The van der Waals surface area contributed by atoms with Crippen LogP contribution in [0.5, 0.6) is 5.75 Å². The molecule has 0 aliphatic rings. The number of aromatic nitrogens is 2. The van der Waals surface area contributed by atoms with Crippen molar-refractivity contribution in [3.63, 3.8) is 0 Å². The third kappa shape index (κ3) is 6.58. The highest BCUT2D eigenvalue weighted by atomic mass is 16.5. The van der Waals surface area contributed by atoms with E-state index in [9.17, 15) is 4.79 Å². The normalized spacial score (nSPS) is 10.6. The molecule has 0 radical (unpaired) electrons. The van der Waals surface area contributed by atoms with Gasteiger partial charge < -0.3 is 18.9 Å². The number of hydrogen-bond acceptors (Lipinski definition) is 4.